The molecule has 100 valence electrons. The number of hydrogen-bond acceptors (Lipinski definition) is 6. The van der Waals surface area contributed by atoms with E-state index in [1.807, 2.05) is 0 Å². The van der Waals surface area contributed by atoms with Gasteiger partial charge in [0.05, 0.1) is 26.9 Å². The van der Waals surface area contributed by atoms with E-state index in [0.29, 0.717) is 0 Å². The highest BCUT2D eigenvalue weighted by Gasteiger charge is 2.36. The molecule has 0 aliphatic heterocycles. The summed E-state index contributed by atoms with van der Waals surface area (Å²) in [5.41, 5.74) is 0. The topological polar surface area (TPSA) is 71.1 Å². The first-order chi connectivity index (χ1) is 8.05. The first-order valence-corrected chi connectivity index (χ1v) is 6.89. The number of ether oxygens (including phenoxy) is 2. The molecule has 0 fully saturated rings. The molecule has 0 aromatic rings. The zero-order valence-electron chi connectivity index (χ0n) is 10.6. The fourth-order valence-electron chi connectivity index (χ4n) is 1.06. The zero-order valence-corrected chi connectivity index (χ0v) is 11.5. The van der Waals surface area contributed by atoms with Gasteiger partial charge in [-0.1, -0.05) is 0 Å². The van der Waals surface area contributed by atoms with Gasteiger partial charge in [0.2, 0.25) is 0 Å². The van der Waals surface area contributed by atoms with Gasteiger partial charge in [-0.15, -0.1) is 0 Å². The van der Waals surface area contributed by atoms with Crippen molar-refractivity contribution in [3.63, 3.8) is 0 Å². The molecule has 0 amide bonds. The summed E-state index contributed by atoms with van der Waals surface area (Å²) in [5, 5.41) is -0.231. The molecule has 0 aliphatic carbocycles. The molecule has 0 rings (SSSR count). The summed E-state index contributed by atoms with van der Waals surface area (Å²) >= 11 is 0. The van der Waals surface area contributed by atoms with Crippen LogP contribution in [0.4, 0.5) is 0 Å². The van der Waals surface area contributed by atoms with Crippen LogP contribution in [0.15, 0.2) is 11.6 Å². The highest BCUT2D eigenvalue weighted by atomic mass is 31.2. The van der Waals surface area contributed by atoms with E-state index in [1.54, 1.807) is 20.8 Å². The van der Waals surface area contributed by atoms with Gasteiger partial charge >= 0.3 is 13.6 Å². The van der Waals surface area contributed by atoms with E-state index in [9.17, 15) is 9.36 Å². The van der Waals surface area contributed by atoms with E-state index in [2.05, 4.69) is 0 Å². The summed E-state index contributed by atoms with van der Waals surface area (Å²) in [6.45, 7) is 5.42. The third kappa shape index (κ3) is 4.89. The number of hydrogen-bond donors (Lipinski definition) is 0. The second-order valence-electron chi connectivity index (χ2n) is 2.79. The smallest absolute Gasteiger partial charge is 0.371 e. The predicted octanol–water partition coefficient (Wildman–Crippen LogP) is 2.30. The van der Waals surface area contributed by atoms with Gasteiger partial charge < -0.3 is 18.5 Å². The van der Waals surface area contributed by atoms with Crippen LogP contribution in [0.2, 0.25) is 0 Å². The lowest BCUT2D eigenvalue weighted by Gasteiger charge is -2.18. The number of methoxy groups -OCH3 is 1. The molecule has 0 bridgehead atoms. The van der Waals surface area contributed by atoms with Crippen molar-refractivity contribution in [2.75, 3.05) is 26.9 Å². The predicted molar refractivity (Wildman–Crippen MR) is 62.6 cm³/mol. The Labute approximate surface area is 101 Å². The normalized spacial score (nSPS) is 12.4. The average molecular weight is 266 g/mol. The standard InChI is InChI=1S/C10H19O6P/c1-5-14-10(11)9(8-13-4)17(12,15-6-2)16-7-3/h8H,5-7H2,1-4H3. The van der Waals surface area contributed by atoms with Crippen molar-refractivity contribution < 1.29 is 27.9 Å². The molecular weight excluding hydrogens is 247 g/mol. The van der Waals surface area contributed by atoms with Crippen LogP contribution < -0.4 is 0 Å². The molecule has 0 aromatic carbocycles. The van der Waals surface area contributed by atoms with Crippen molar-refractivity contribution in [3.05, 3.63) is 11.6 Å². The Morgan fingerprint density at radius 3 is 2.00 bits per heavy atom. The fraction of sp³-hybridized carbons (Fsp3) is 0.700. The fourth-order valence-corrected chi connectivity index (χ4v) is 2.61. The second kappa shape index (κ2) is 8.28. The summed E-state index contributed by atoms with van der Waals surface area (Å²) < 4.78 is 31.9. The summed E-state index contributed by atoms with van der Waals surface area (Å²) in [6.07, 6.45) is 1.03. The lowest BCUT2D eigenvalue weighted by atomic mass is 10.6. The Morgan fingerprint density at radius 2 is 1.65 bits per heavy atom. The van der Waals surface area contributed by atoms with Crippen LogP contribution >= 0.6 is 7.60 Å². The molecule has 6 nitrogen and oxygen atoms in total. The Bertz CT molecular complexity index is 302. The Hall–Kier alpha value is -0.840. The summed E-state index contributed by atoms with van der Waals surface area (Å²) in [6, 6.07) is 0. The molecule has 0 spiro atoms. The van der Waals surface area contributed by atoms with Gasteiger partial charge in [0, 0.05) is 0 Å². The van der Waals surface area contributed by atoms with Gasteiger partial charge in [-0.2, -0.15) is 0 Å². The minimum absolute atomic E-state index is 0.151. The van der Waals surface area contributed by atoms with E-state index in [-0.39, 0.29) is 25.1 Å². The van der Waals surface area contributed by atoms with Crippen LogP contribution in [0.1, 0.15) is 20.8 Å². The monoisotopic (exact) mass is 266 g/mol. The minimum Gasteiger partial charge on any atom is -0.503 e. The van der Waals surface area contributed by atoms with E-state index >= 15 is 0 Å². The van der Waals surface area contributed by atoms with Crippen molar-refractivity contribution in [2.24, 2.45) is 0 Å². The SMILES string of the molecule is CCOC(=O)C(=COC)P(=O)(OCC)OCC. The maximum atomic E-state index is 12.3. The Morgan fingerprint density at radius 1 is 1.12 bits per heavy atom. The molecule has 7 heteroatoms. The number of rotatable bonds is 8. The molecule has 0 unspecified atom stereocenters. The van der Waals surface area contributed by atoms with Gasteiger partial charge in [-0.25, -0.2) is 4.79 Å². The quantitative estimate of drug-likeness (QED) is 0.290. The lowest BCUT2D eigenvalue weighted by Crippen LogP contribution is -2.12. The summed E-state index contributed by atoms with van der Waals surface area (Å²) in [5.74, 6) is -0.764. The zero-order chi connectivity index (χ0) is 13.3. The molecule has 0 aromatic heterocycles. The number of carbonyl (C=O) groups excluding carboxylic acids is 1. The highest BCUT2D eigenvalue weighted by Crippen LogP contribution is 2.56. The van der Waals surface area contributed by atoms with Crippen molar-refractivity contribution in [1.82, 2.24) is 0 Å². The molecule has 17 heavy (non-hydrogen) atoms. The maximum absolute atomic E-state index is 12.3. The van der Waals surface area contributed by atoms with Gasteiger partial charge in [-0.05, 0) is 20.8 Å². The van der Waals surface area contributed by atoms with Crippen LogP contribution in [0, 0.1) is 0 Å². The molecule has 0 saturated carbocycles. The Kier molecular flexibility index (Phi) is 7.87. The van der Waals surface area contributed by atoms with Crippen LogP contribution in [0.3, 0.4) is 0 Å². The van der Waals surface area contributed by atoms with E-state index in [4.69, 9.17) is 18.5 Å². The van der Waals surface area contributed by atoms with Crippen molar-refractivity contribution in [2.45, 2.75) is 20.8 Å². The molecule has 0 saturated heterocycles. The average Bonchev–Trinajstić information content (AvgIpc) is 2.26. The van der Waals surface area contributed by atoms with E-state index in [1.165, 1.54) is 7.11 Å². The molecule has 0 N–H and O–H groups in total. The molecule has 0 heterocycles. The molecule has 0 atom stereocenters. The third-order valence-electron chi connectivity index (χ3n) is 1.61. The molecule has 0 aliphatic rings. The second-order valence-corrected chi connectivity index (χ2v) is 4.79. The van der Waals surface area contributed by atoms with E-state index in [0.717, 1.165) is 6.26 Å². The largest absolute Gasteiger partial charge is 0.503 e. The van der Waals surface area contributed by atoms with Crippen LogP contribution in [-0.2, 0) is 27.9 Å². The summed E-state index contributed by atoms with van der Waals surface area (Å²) in [7, 11) is -2.34. The number of esters is 1. The van der Waals surface area contributed by atoms with Gasteiger partial charge in [0.1, 0.15) is 6.26 Å². The van der Waals surface area contributed by atoms with E-state index < -0.39 is 13.6 Å². The maximum Gasteiger partial charge on any atom is 0.371 e. The number of carbonyl (C=O) groups is 1. The third-order valence-corrected chi connectivity index (χ3v) is 3.68. The van der Waals surface area contributed by atoms with Crippen molar-refractivity contribution in [1.29, 1.82) is 0 Å². The highest BCUT2D eigenvalue weighted by molar-refractivity contribution is 7.59. The molecular formula is C10H19O6P. The van der Waals surface area contributed by atoms with Crippen LogP contribution in [0.25, 0.3) is 0 Å². The summed E-state index contributed by atoms with van der Waals surface area (Å²) in [4.78, 5) is 11.6. The first kappa shape index (κ1) is 16.2. The van der Waals surface area contributed by atoms with Crippen molar-refractivity contribution in [3.8, 4) is 0 Å². The van der Waals surface area contributed by atoms with Crippen LogP contribution in [0.5, 0.6) is 0 Å². The van der Waals surface area contributed by atoms with Crippen molar-refractivity contribution >= 4 is 13.6 Å². The van der Waals surface area contributed by atoms with Crippen LogP contribution in [-0.4, -0.2) is 32.9 Å². The van der Waals surface area contributed by atoms with Gasteiger partial charge in [0.15, 0.2) is 5.31 Å². The Balaban J connectivity index is 5.17. The molecule has 0 radical (unpaired) electrons. The first-order valence-electron chi connectivity index (χ1n) is 5.35. The van der Waals surface area contributed by atoms with Gasteiger partial charge in [-0.3, -0.25) is 4.57 Å². The lowest BCUT2D eigenvalue weighted by molar-refractivity contribution is -0.138. The minimum atomic E-state index is -3.67. The van der Waals surface area contributed by atoms with Gasteiger partial charge in [0.25, 0.3) is 0 Å².